The first-order chi connectivity index (χ1) is 9.18. The van der Waals surface area contributed by atoms with E-state index in [1.54, 1.807) is 17.1 Å². The maximum atomic E-state index is 11.7. The Morgan fingerprint density at radius 3 is 2.84 bits per heavy atom. The first kappa shape index (κ1) is 14.0. The number of amides is 1. The molecule has 0 saturated heterocycles. The number of nitrogens with zero attached hydrogens (tertiary/aromatic N) is 3. The molecule has 1 amide bonds. The van der Waals surface area contributed by atoms with Crippen LogP contribution in [0.1, 0.15) is 44.9 Å². The highest BCUT2D eigenvalue weighted by molar-refractivity contribution is 5.75. The lowest BCUT2D eigenvalue weighted by atomic mass is 9.85. The molecule has 0 radical (unpaired) electrons. The molecule has 1 aliphatic carbocycles. The summed E-state index contributed by atoms with van der Waals surface area (Å²) in [7, 11) is 0. The summed E-state index contributed by atoms with van der Waals surface area (Å²) in [5, 5.41) is 20.6. The van der Waals surface area contributed by atoms with Gasteiger partial charge >= 0.3 is 0 Å². The molecule has 0 aliphatic heterocycles. The molecule has 106 valence electrons. The fraction of sp³-hybridized carbons (Fsp3) is 0.769. The van der Waals surface area contributed by atoms with Gasteiger partial charge in [0.15, 0.2) is 0 Å². The van der Waals surface area contributed by atoms with Gasteiger partial charge in [-0.05, 0) is 19.3 Å². The van der Waals surface area contributed by atoms with Crippen LogP contribution in [-0.4, -0.2) is 38.2 Å². The van der Waals surface area contributed by atoms with Crippen molar-refractivity contribution in [3.63, 3.8) is 0 Å². The Kier molecular flexibility index (Phi) is 4.90. The highest BCUT2D eigenvalue weighted by Gasteiger charge is 2.29. The van der Waals surface area contributed by atoms with Crippen molar-refractivity contribution in [3.8, 4) is 0 Å². The first-order valence-corrected chi connectivity index (χ1v) is 7.01. The summed E-state index contributed by atoms with van der Waals surface area (Å²) >= 11 is 0. The lowest BCUT2D eigenvalue weighted by Crippen LogP contribution is -2.44. The number of aryl methyl sites for hydroxylation is 1. The minimum Gasteiger partial charge on any atom is -0.388 e. The van der Waals surface area contributed by atoms with E-state index in [0.717, 1.165) is 32.1 Å². The van der Waals surface area contributed by atoms with Gasteiger partial charge in [0.25, 0.3) is 0 Å². The Morgan fingerprint density at radius 2 is 2.16 bits per heavy atom. The third-order valence-corrected chi connectivity index (χ3v) is 3.66. The van der Waals surface area contributed by atoms with E-state index < -0.39 is 5.60 Å². The van der Waals surface area contributed by atoms with Crippen molar-refractivity contribution in [3.05, 3.63) is 12.4 Å². The van der Waals surface area contributed by atoms with Crippen molar-refractivity contribution >= 4 is 5.91 Å². The maximum absolute atomic E-state index is 11.7. The van der Waals surface area contributed by atoms with Gasteiger partial charge in [0.1, 0.15) is 0 Å². The molecule has 19 heavy (non-hydrogen) atoms. The van der Waals surface area contributed by atoms with Crippen molar-refractivity contribution in [2.24, 2.45) is 0 Å². The van der Waals surface area contributed by atoms with Crippen molar-refractivity contribution < 1.29 is 9.90 Å². The Bertz CT molecular complexity index is 385. The van der Waals surface area contributed by atoms with Crippen molar-refractivity contribution in [1.29, 1.82) is 0 Å². The topological polar surface area (TPSA) is 80.0 Å². The normalized spacial score (nSPS) is 18.2. The van der Waals surface area contributed by atoms with E-state index in [0.29, 0.717) is 19.5 Å². The predicted molar refractivity (Wildman–Crippen MR) is 70.3 cm³/mol. The van der Waals surface area contributed by atoms with E-state index in [-0.39, 0.29) is 5.91 Å². The largest absolute Gasteiger partial charge is 0.388 e. The molecule has 0 unspecified atom stereocenters. The number of aliphatic hydroxyl groups is 1. The number of hydrogen-bond donors (Lipinski definition) is 2. The second-order valence-corrected chi connectivity index (χ2v) is 5.33. The first-order valence-electron chi connectivity index (χ1n) is 7.01. The average molecular weight is 266 g/mol. The van der Waals surface area contributed by atoms with Crippen molar-refractivity contribution in [2.75, 3.05) is 6.54 Å². The van der Waals surface area contributed by atoms with Crippen LogP contribution in [0.2, 0.25) is 0 Å². The third kappa shape index (κ3) is 4.63. The summed E-state index contributed by atoms with van der Waals surface area (Å²) in [5.74, 6) is -0.000821. The van der Waals surface area contributed by atoms with E-state index in [4.69, 9.17) is 0 Å². The summed E-state index contributed by atoms with van der Waals surface area (Å²) < 4.78 is 1.71. The molecular weight excluding hydrogens is 244 g/mol. The van der Waals surface area contributed by atoms with Crippen molar-refractivity contribution in [2.45, 2.75) is 57.1 Å². The molecular formula is C13H22N4O2. The quantitative estimate of drug-likeness (QED) is 0.800. The Balaban J connectivity index is 1.61. The van der Waals surface area contributed by atoms with Crippen LogP contribution in [0.3, 0.4) is 0 Å². The standard InChI is InChI=1S/C13H22N4O2/c18-12(5-4-9-17-10-8-15-16-17)14-11-13(19)6-2-1-3-7-13/h8,10,19H,1-7,9,11H2,(H,14,18). The summed E-state index contributed by atoms with van der Waals surface area (Å²) in [4.78, 5) is 11.7. The van der Waals surface area contributed by atoms with Crippen LogP contribution in [0.5, 0.6) is 0 Å². The summed E-state index contributed by atoms with van der Waals surface area (Å²) in [6, 6.07) is 0. The van der Waals surface area contributed by atoms with Gasteiger partial charge in [-0.1, -0.05) is 24.5 Å². The number of carbonyl (C=O) groups is 1. The zero-order chi connectivity index (χ0) is 13.6. The highest BCUT2D eigenvalue weighted by Crippen LogP contribution is 2.27. The van der Waals surface area contributed by atoms with Crippen LogP contribution >= 0.6 is 0 Å². The van der Waals surface area contributed by atoms with Gasteiger partial charge in [-0.3, -0.25) is 9.48 Å². The Hall–Kier alpha value is -1.43. The molecule has 0 spiro atoms. The second kappa shape index (κ2) is 6.65. The number of nitrogens with one attached hydrogen (secondary N) is 1. The minimum atomic E-state index is -0.681. The van der Waals surface area contributed by atoms with Gasteiger partial charge < -0.3 is 10.4 Å². The molecule has 6 nitrogen and oxygen atoms in total. The molecule has 0 bridgehead atoms. The fourth-order valence-corrected chi connectivity index (χ4v) is 2.49. The molecule has 1 aromatic heterocycles. The van der Waals surface area contributed by atoms with Crippen LogP contribution < -0.4 is 5.32 Å². The van der Waals surface area contributed by atoms with E-state index in [1.807, 2.05) is 0 Å². The van der Waals surface area contributed by atoms with Gasteiger partial charge in [-0.25, -0.2) is 0 Å². The molecule has 2 rings (SSSR count). The van der Waals surface area contributed by atoms with E-state index in [2.05, 4.69) is 15.6 Å². The third-order valence-electron chi connectivity index (χ3n) is 3.66. The summed E-state index contributed by atoms with van der Waals surface area (Å²) in [6.07, 6.45) is 9.48. The smallest absolute Gasteiger partial charge is 0.220 e. The zero-order valence-corrected chi connectivity index (χ0v) is 11.2. The van der Waals surface area contributed by atoms with Gasteiger partial charge in [0.05, 0.1) is 11.8 Å². The Morgan fingerprint density at radius 1 is 1.37 bits per heavy atom. The van der Waals surface area contributed by atoms with Crippen LogP contribution in [0.15, 0.2) is 12.4 Å². The van der Waals surface area contributed by atoms with Crippen LogP contribution in [0.4, 0.5) is 0 Å². The molecule has 1 saturated carbocycles. The minimum absolute atomic E-state index is 0.000821. The van der Waals surface area contributed by atoms with E-state index in [1.165, 1.54) is 6.42 Å². The van der Waals surface area contributed by atoms with Gasteiger partial charge in [-0.15, -0.1) is 5.10 Å². The predicted octanol–water partition coefficient (Wildman–Crippen LogP) is 0.870. The highest BCUT2D eigenvalue weighted by atomic mass is 16.3. The molecule has 0 atom stereocenters. The number of carbonyl (C=O) groups excluding carboxylic acids is 1. The van der Waals surface area contributed by atoms with Crippen LogP contribution in [0.25, 0.3) is 0 Å². The molecule has 1 aromatic rings. The van der Waals surface area contributed by atoms with Crippen molar-refractivity contribution in [1.82, 2.24) is 20.3 Å². The lowest BCUT2D eigenvalue weighted by Gasteiger charge is -2.32. The van der Waals surface area contributed by atoms with E-state index >= 15 is 0 Å². The molecule has 6 heteroatoms. The van der Waals surface area contributed by atoms with E-state index in [9.17, 15) is 9.90 Å². The maximum Gasteiger partial charge on any atom is 0.220 e. The molecule has 0 aromatic carbocycles. The van der Waals surface area contributed by atoms with Crippen LogP contribution in [-0.2, 0) is 11.3 Å². The number of aromatic nitrogens is 3. The molecule has 1 aliphatic rings. The number of hydrogen-bond acceptors (Lipinski definition) is 4. The summed E-state index contributed by atoms with van der Waals surface area (Å²) in [5.41, 5.74) is -0.681. The second-order valence-electron chi connectivity index (χ2n) is 5.33. The van der Waals surface area contributed by atoms with Gasteiger partial charge in [-0.2, -0.15) is 0 Å². The lowest BCUT2D eigenvalue weighted by molar-refractivity contribution is -0.122. The average Bonchev–Trinajstić information content (AvgIpc) is 2.91. The SMILES string of the molecule is O=C(CCCn1ccnn1)NCC1(O)CCCCC1. The Labute approximate surface area is 113 Å². The monoisotopic (exact) mass is 266 g/mol. The molecule has 1 fully saturated rings. The van der Waals surface area contributed by atoms with Gasteiger partial charge in [0, 0.05) is 25.7 Å². The fourth-order valence-electron chi connectivity index (χ4n) is 2.49. The van der Waals surface area contributed by atoms with Crippen LogP contribution in [0, 0.1) is 0 Å². The van der Waals surface area contributed by atoms with Gasteiger partial charge in [0.2, 0.25) is 5.91 Å². The zero-order valence-electron chi connectivity index (χ0n) is 11.2. The number of rotatable bonds is 6. The molecule has 1 heterocycles. The summed E-state index contributed by atoms with van der Waals surface area (Å²) in [6.45, 7) is 1.08. The molecule has 2 N–H and O–H groups in total.